The summed E-state index contributed by atoms with van der Waals surface area (Å²) in [5, 5.41) is 13.9. The van der Waals surface area contributed by atoms with Gasteiger partial charge in [-0.2, -0.15) is 0 Å². The summed E-state index contributed by atoms with van der Waals surface area (Å²) in [5.41, 5.74) is 4.36. The van der Waals surface area contributed by atoms with Crippen LogP contribution in [0.1, 0.15) is 36.5 Å². The molecule has 0 atom stereocenters. The van der Waals surface area contributed by atoms with Crippen LogP contribution in [0.25, 0.3) is 11.1 Å². The van der Waals surface area contributed by atoms with Crippen LogP contribution in [0.2, 0.25) is 0 Å². The molecule has 1 aliphatic heterocycles. The molecule has 6 heteroatoms. The molecule has 1 aliphatic carbocycles. The van der Waals surface area contributed by atoms with Crippen molar-refractivity contribution in [3.8, 4) is 11.1 Å². The van der Waals surface area contributed by atoms with Gasteiger partial charge in [0.2, 0.25) is 0 Å². The Morgan fingerprint density at radius 3 is 2.28 bits per heavy atom. The number of rotatable bonds is 4. The number of carboxylic acids is 1. The summed E-state index contributed by atoms with van der Waals surface area (Å²) in [6.07, 6.45) is 3.46. The van der Waals surface area contributed by atoms with Crippen molar-refractivity contribution in [3.05, 3.63) is 54.1 Å². The fourth-order valence-electron chi connectivity index (χ4n) is 3.44. The molecule has 1 heterocycles. The monoisotopic (exact) mass is 395 g/mol. The summed E-state index contributed by atoms with van der Waals surface area (Å²) in [6.45, 7) is 5.25. The molecule has 3 N–H and O–H groups in total. The highest BCUT2D eigenvalue weighted by Gasteiger charge is 2.20. The molecule has 1 amide bonds. The summed E-state index contributed by atoms with van der Waals surface area (Å²) in [5.74, 6) is -0.786. The normalized spacial score (nSPS) is 16.2. The van der Waals surface area contributed by atoms with Gasteiger partial charge in [0.05, 0.1) is 0 Å². The van der Waals surface area contributed by atoms with Crippen molar-refractivity contribution in [1.82, 2.24) is 10.6 Å². The zero-order valence-corrected chi connectivity index (χ0v) is 16.9. The minimum Gasteiger partial charge on any atom is -0.481 e. The Kier molecular flexibility index (Phi) is 7.25. The van der Waals surface area contributed by atoms with Crippen molar-refractivity contribution in [3.63, 3.8) is 0 Å². The molecular formula is C23H29N3O3. The molecule has 1 saturated carbocycles. The number of aliphatic carboxylic acids is 1. The maximum Gasteiger partial charge on any atom is 0.300 e. The Morgan fingerprint density at radius 2 is 1.69 bits per heavy atom. The summed E-state index contributed by atoms with van der Waals surface area (Å²) in [6, 6.07) is 17.0. The smallest absolute Gasteiger partial charge is 0.300 e. The zero-order chi connectivity index (χ0) is 20.6. The molecule has 29 heavy (non-hydrogen) atoms. The summed E-state index contributed by atoms with van der Waals surface area (Å²) in [7, 11) is 0. The van der Waals surface area contributed by atoms with Crippen LogP contribution in [0.3, 0.4) is 0 Å². The van der Waals surface area contributed by atoms with E-state index in [-0.39, 0.29) is 5.91 Å². The first kappa shape index (κ1) is 20.9. The molecule has 0 aromatic heterocycles. The molecule has 0 unspecified atom stereocenters. The third-order valence-corrected chi connectivity index (χ3v) is 5.25. The predicted molar refractivity (Wildman–Crippen MR) is 115 cm³/mol. The number of amides is 1. The fourth-order valence-corrected chi connectivity index (χ4v) is 3.44. The van der Waals surface area contributed by atoms with Gasteiger partial charge < -0.3 is 20.6 Å². The summed E-state index contributed by atoms with van der Waals surface area (Å²) in [4.78, 5) is 23.6. The molecule has 0 bridgehead atoms. The lowest BCUT2D eigenvalue weighted by Crippen LogP contribution is -2.43. The lowest BCUT2D eigenvalue weighted by atomic mass is 9.93. The van der Waals surface area contributed by atoms with Gasteiger partial charge in [0.25, 0.3) is 11.9 Å². The van der Waals surface area contributed by atoms with Gasteiger partial charge in [-0.3, -0.25) is 9.59 Å². The maximum atomic E-state index is 12.2. The number of carbonyl (C=O) groups excluding carboxylic acids is 1. The van der Waals surface area contributed by atoms with E-state index in [0.717, 1.165) is 57.1 Å². The molecule has 2 aromatic carbocycles. The van der Waals surface area contributed by atoms with E-state index in [1.54, 1.807) is 0 Å². The van der Waals surface area contributed by atoms with E-state index in [9.17, 15) is 4.79 Å². The number of anilines is 1. The first-order chi connectivity index (χ1) is 14.0. The van der Waals surface area contributed by atoms with Crippen LogP contribution in [0.15, 0.2) is 48.5 Å². The molecule has 1 saturated heterocycles. The van der Waals surface area contributed by atoms with E-state index in [4.69, 9.17) is 9.90 Å². The van der Waals surface area contributed by atoms with Crippen molar-refractivity contribution < 1.29 is 14.7 Å². The van der Waals surface area contributed by atoms with Crippen molar-refractivity contribution in [2.45, 2.75) is 32.2 Å². The third kappa shape index (κ3) is 6.06. The highest BCUT2D eigenvalue weighted by molar-refractivity contribution is 5.95. The van der Waals surface area contributed by atoms with Gasteiger partial charge in [0.15, 0.2) is 0 Å². The Balaban J connectivity index is 0.000000552. The van der Waals surface area contributed by atoms with Crippen LogP contribution >= 0.6 is 0 Å². The van der Waals surface area contributed by atoms with Crippen LogP contribution in [0.5, 0.6) is 0 Å². The van der Waals surface area contributed by atoms with Gasteiger partial charge in [0, 0.05) is 50.4 Å². The molecule has 0 radical (unpaired) electrons. The Bertz CT molecular complexity index is 822. The van der Waals surface area contributed by atoms with Crippen LogP contribution in [0.4, 0.5) is 5.69 Å². The van der Waals surface area contributed by atoms with Crippen LogP contribution in [0, 0.1) is 0 Å². The number of hydrogen-bond donors (Lipinski definition) is 3. The van der Waals surface area contributed by atoms with Crippen molar-refractivity contribution in [2.24, 2.45) is 0 Å². The topological polar surface area (TPSA) is 81.7 Å². The van der Waals surface area contributed by atoms with Gasteiger partial charge >= 0.3 is 0 Å². The Labute approximate surface area is 171 Å². The second kappa shape index (κ2) is 10.1. The third-order valence-electron chi connectivity index (χ3n) is 5.25. The van der Waals surface area contributed by atoms with E-state index in [0.29, 0.717) is 6.04 Å². The molecule has 0 spiro atoms. The standard InChI is InChI=1S/C21H25N3O.C2H4O2/c25-21(23-19-4-2-5-19)17-9-7-16(8-10-17)18-3-1-6-20(15-18)24-13-11-22-12-14-24;1-2(3)4/h1,3,6-10,15,19,22H,2,4-5,11-14H2,(H,23,25);1H3,(H,3,4). The Hall–Kier alpha value is -2.86. The molecule has 4 rings (SSSR count). The van der Waals surface area contributed by atoms with E-state index in [1.807, 2.05) is 24.3 Å². The number of carboxylic acid groups (broad SMARTS) is 1. The van der Waals surface area contributed by atoms with Crippen LogP contribution in [-0.4, -0.2) is 49.2 Å². The number of carbonyl (C=O) groups is 2. The maximum absolute atomic E-state index is 12.2. The minimum absolute atomic E-state index is 0.0471. The quantitative estimate of drug-likeness (QED) is 0.741. The predicted octanol–water partition coefficient (Wildman–Crippen LogP) is 3.14. The number of nitrogens with one attached hydrogen (secondary N) is 2. The number of piperazine rings is 1. The molecular weight excluding hydrogens is 366 g/mol. The zero-order valence-electron chi connectivity index (χ0n) is 16.9. The second-order valence-electron chi connectivity index (χ2n) is 7.49. The minimum atomic E-state index is -0.833. The average molecular weight is 396 g/mol. The first-order valence-corrected chi connectivity index (χ1v) is 10.2. The molecule has 6 nitrogen and oxygen atoms in total. The molecule has 2 aliphatic rings. The molecule has 2 fully saturated rings. The van der Waals surface area contributed by atoms with E-state index < -0.39 is 5.97 Å². The van der Waals surface area contributed by atoms with Gasteiger partial charge in [-0.1, -0.05) is 24.3 Å². The number of hydrogen-bond acceptors (Lipinski definition) is 4. The highest BCUT2D eigenvalue weighted by atomic mass is 16.4. The molecule has 2 aromatic rings. The summed E-state index contributed by atoms with van der Waals surface area (Å²) >= 11 is 0. The lowest BCUT2D eigenvalue weighted by molar-refractivity contribution is -0.134. The molecule has 154 valence electrons. The fraction of sp³-hybridized carbons (Fsp3) is 0.391. The second-order valence-corrected chi connectivity index (χ2v) is 7.49. The van der Waals surface area contributed by atoms with Gasteiger partial charge in [0.1, 0.15) is 0 Å². The van der Waals surface area contributed by atoms with Crippen molar-refractivity contribution in [1.29, 1.82) is 0 Å². The Morgan fingerprint density at radius 1 is 1.03 bits per heavy atom. The van der Waals surface area contributed by atoms with Gasteiger partial charge in [-0.15, -0.1) is 0 Å². The van der Waals surface area contributed by atoms with E-state index in [1.165, 1.54) is 17.7 Å². The van der Waals surface area contributed by atoms with Gasteiger partial charge in [-0.25, -0.2) is 0 Å². The van der Waals surface area contributed by atoms with E-state index >= 15 is 0 Å². The van der Waals surface area contributed by atoms with Gasteiger partial charge in [-0.05, 0) is 54.7 Å². The van der Waals surface area contributed by atoms with Crippen LogP contribution < -0.4 is 15.5 Å². The highest BCUT2D eigenvalue weighted by Crippen LogP contribution is 2.26. The van der Waals surface area contributed by atoms with Crippen LogP contribution in [-0.2, 0) is 4.79 Å². The van der Waals surface area contributed by atoms with E-state index in [2.05, 4.69) is 39.8 Å². The SMILES string of the molecule is CC(=O)O.O=C(NC1CCC1)c1ccc(-c2cccc(N3CCNCC3)c2)cc1. The van der Waals surface area contributed by atoms with Crippen molar-refractivity contribution >= 4 is 17.6 Å². The summed E-state index contributed by atoms with van der Waals surface area (Å²) < 4.78 is 0. The van der Waals surface area contributed by atoms with Crippen molar-refractivity contribution in [2.75, 3.05) is 31.1 Å². The largest absolute Gasteiger partial charge is 0.481 e. The number of nitrogens with zero attached hydrogens (tertiary/aromatic N) is 1. The lowest BCUT2D eigenvalue weighted by Gasteiger charge is -2.29. The number of benzene rings is 2. The average Bonchev–Trinajstić information content (AvgIpc) is 2.71. The first-order valence-electron chi connectivity index (χ1n) is 10.2.